The number of carboxylic acids is 1. The van der Waals surface area contributed by atoms with E-state index in [1.54, 1.807) is 6.07 Å². The molecule has 0 saturated carbocycles. The Kier molecular flexibility index (Phi) is 9.79. The van der Waals surface area contributed by atoms with Crippen molar-refractivity contribution in [2.75, 3.05) is 4.72 Å². The Morgan fingerprint density at radius 1 is 1.12 bits per heavy atom. The largest absolute Gasteiger partial charge is 0.493 e. The molecular formula is C28H31N5O6S. The summed E-state index contributed by atoms with van der Waals surface area (Å²) in [5.41, 5.74) is -0.715. The van der Waals surface area contributed by atoms with E-state index in [2.05, 4.69) is 21.9 Å². The number of pyridine rings is 1. The summed E-state index contributed by atoms with van der Waals surface area (Å²) in [5, 5.41) is 37.6. The summed E-state index contributed by atoms with van der Waals surface area (Å²) in [5.74, 6) is -1.47. The van der Waals surface area contributed by atoms with Crippen LogP contribution in [0.5, 0.6) is 5.88 Å². The minimum Gasteiger partial charge on any atom is -0.493 e. The monoisotopic (exact) mass is 565 g/mol. The molecule has 2 aromatic carbocycles. The van der Waals surface area contributed by atoms with Gasteiger partial charge in [-0.05, 0) is 55.7 Å². The molecule has 12 heteroatoms. The second-order valence-corrected chi connectivity index (χ2v) is 10.9. The van der Waals surface area contributed by atoms with Crippen LogP contribution in [0.4, 0.5) is 17.1 Å². The molecule has 0 aliphatic carbocycles. The van der Waals surface area contributed by atoms with E-state index in [0.717, 1.165) is 30.3 Å². The van der Waals surface area contributed by atoms with Crippen molar-refractivity contribution in [2.24, 2.45) is 16.1 Å². The summed E-state index contributed by atoms with van der Waals surface area (Å²) in [7, 11) is -4.18. The molecule has 0 saturated heterocycles. The maximum Gasteiger partial charge on any atom is 0.335 e. The van der Waals surface area contributed by atoms with Crippen LogP contribution < -0.4 is 10.3 Å². The quantitative estimate of drug-likeness (QED) is 0.230. The molecular weight excluding hydrogens is 534 g/mol. The zero-order chi connectivity index (χ0) is 29.4. The van der Waals surface area contributed by atoms with Gasteiger partial charge in [-0.3, -0.25) is 14.1 Å². The zero-order valence-corrected chi connectivity index (χ0v) is 23.3. The number of rotatable bonds is 12. The molecule has 40 heavy (non-hydrogen) atoms. The fourth-order valence-corrected chi connectivity index (χ4v) is 5.36. The Labute approximate surface area is 232 Å². The highest BCUT2D eigenvalue weighted by atomic mass is 32.2. The van der Waals surface area contributed by atoms with Gasteiger partial charge >= 0.3 is 5.97 Å². The number of nitrogens with zero attached hydrogens (tertiary/aromatic N) is 4. The zero-order valence-electron chi connectivity index (χ0n) is 22.5. The first-order valence-corrected chi connectivity index (χ1v) is 14.3. The molecule has 0 aliphatic heterocycles. The van der Waals surface area contributed by atoms with Crippen LogP contribution in [0.15, 0.2) is 68.4 Å². The van der Waals surface area contributed by atoms with Gasteiger partial charge in [0.2, 0.25) is 5.88 Å². The maximum absolute atomic E-state index is 13.4. The fraction of sp³-hybridized carbons (Fsp3) is 0.321. The Morgan fingerprint density at radius 3 is 2.40 bits per heavy atom. The van der Waals surface area contributed by atoms with E-state index in [1.165, 1.54) is 49.4 Å². The van der Waals surface area contributed by atoms with Gasteiger partial charge in [-0.1, -0.05) is 45.2 Å². The van der Waals surface area contributed by atoms with Gasteiger partial charge in [-0.25, -0.2) is 13.2 Å². The van der Waals surface area contributed by atoms with Gasteiger partial charge in [-0.2, -0.15) is 5.26 Å². The summed E-state index contributed by atoms with van der Waals surface area (Å²) >= 11 is 0. The number of sulfonamides is 1. The summed E-state index contributed by atoms with van der Waals surface area (Å²) < 4.78 is 29.8. The molecule has 3 N–H and O–H groups in total. The van der Waals surface area contributed by atoms with Crippen molar-refractivity contribution in [1.29, 1.82) is 5.26 Å². The van der Waals surface area contributed by atoms with Crippen molar-refractivity contribution < 1.29 is 23.4 Å². The van der Waals surface area contributed by atoms with Gasteiger partial charge in [0.1, 0.15) is 22.2 Å². The third kappa shape index (κ3) is 6.73. The van der Waals surface area contributed by atoms with Crippen LogP contribution >= 0.6 is 0 Å². The molecule has 1 atom stereocenters. The smallest absolute Gasteiger partial charge is 0.335 e. The number of hydrogen-bond donors (Lipinski definition) is 3. The average molecular weight is 566 g/mol. The normalized spacial score (nSPS) is 12.2. The lowest BCUT2D eigenvalue weighted by Crippen LogP contribution is -2.25. The maximum atomic E-state index is 13.4. The molecule has 1 aromatic heterocycles. The fourth-order valence-electron chi connectivity index (χ4n) is 4.16. The predicted molar refractivity (Wildman–Crippen MR) is 150 cm³/mol. The third-order valence-corrected chi connectivity index (χ3v) is 7.98. The number of benzene rings is 2. The van der Waals surface area contributed by atoms with Crippen LogP contribution in [0.1, 0.15) is 61.0 Å². The summed E-state index contributed by atoms with van der Waals surface area (Å²) in [6.07, 6.45) is 3.57. The van der Waals surface area contributed by atoms with Gasteiger partial charge < -0.3 is 10.2 Å². The molecule has 210 valence electrons. The van der Waals surface area contributed by atoms with Gasteiger partial charge in [-0.15, -0.1) is 10.2 Å². The average Bonchev–Trinajstić information content (AvgIpc) is 2.93. The van der Waals surface area contributed by atoms with Crippen molar-refractivity contribution in [3.8, 4) is 11.9 Å². The number of aromatic nitrogens is 1. The number of nitriles is 1. The highest BCUT2D eigenvalue weighted by molar-refractivity contribution is 7.92. The summed E-state index contributed by atoms with van der Waals surface area (Å²) in [6, 6.07) is 12.9. The van der Waals surface area contributed by atoms with Crippen LogP contribution in [-0.2, 0) is 16.6 Å². The van der Waals surface area contributed by atoms with Crippen molar-refractivity contribution in [2.45, 2.75) is 57.9 Å². The topological polar surface area (TPSA) is 174 Å². The molecule has 0 amide bonds. The molecule has 0 aliphatic rings. The van der Waals surface area contributed by atoms with E-state index < -0.39 is 27.4 Å². The Balaban J connectivity index is 2.02. The first-order valence-electron chi connectivity index (χ1n) is 12.8. The first kappa shape index (κ1) is 30.0. The number of unbranched alkanes of at least 4 members (excludes halogenated alkanes) is 1. The standard InChI is InChI=1S/C28H31N5O6S/c1-4-6-9-19(5-2)17-33-26(34)22(16-29)18(3)25(27(33)35)31-30-23-10-7-8-11-24(23)40(38,39)32-21-14-12-20(13-15-21)28(36)37/h7-8,10-15,19,32,34H,4-6,9,17H2,1-3H3,(H,36,37). The lowest BCUT2D eigenvalue weighted by Gasteiger charge is -2.19. The third-order valence-electron chi connectivity index (χ3n) is 6.55. The predicted octanol–water partition coefficient (Wildman–Crippen LogP) is 5.86. The lowest BCUT2D eigenvalue weighted by atomic mass is 9.99. The van der Waals surface area contributed by atoms with Gasteiger partial charge in [0.25, 0.3) is 15.6 Å². The second kappa shape index (κ2) is 13.0. The second-order valence-electron chi connectivity index (χ2n) is 9.27. The number of anilines is 1. The van der Waals surface area contributed by atoms with Crippen LogP contribution in [0.3, 0.4) is 0 Å². The number of aromatic hydroxyl groups is 1. The van der Waals surface area contributed by atoms with Crippen LogP contribution in [0, 0.1) is 24.2 Å². The van der Waals surface area contributed by atoms with Crippen molar-refractivity contribution in [3.05, 3.63) is 75.6 Å². The van der Waals surface area contributed by atoms with Crippen LogP contribution in [0.2, 0.25) is 0 Å². The molecule has 0 spiro atoms. The van der Waals surface area contributed by atoms with Crippen molar-refractivity contribution >= 4 is 33.1 Å². The highest BCUT2D eigenvalue weighted by Crippen LogP contribution is 2.31. The molecule has 11 nitrogen and oxygen atoms in total. The van der Waals surface area contributed by atoms with Gasteiger partial charge in [0, 0.05) is 17.8 Å². The van der Waals surface area contributed by atoms with E-state index in [4.69, 9.17) is 5.11 Å². The van der Waals surface area contributed by atoms with E-state index in [-0.39, 0.29) is 51.1 Å². The van der Waals surface area contributed by atoms with E-state index in [9.17, 15) is 28.4 Å². The van der Waals surface area contributed by atoms with Gasteiger partial charge in [0.05, 0.1) is 5.56 Å². The van der Waals surface area contributed by atoms with Crippen LogP contribution in [0.25, 0.3) is 0 Å². The molecule has 0 fully saturated rings. The minimum atomic E-state index is -4.18. The number of nitrogens with one attached hydrogen (secondary N) is 1. The lowest BCUT2D eigenvalue weighted by molar-refractivity contribution is 0.0697. The molecule has 0 radical (unpaired) electrons. The van der Waals surface area contributed by atoms with E-state index in [0.29, 0.717) is 0 Å². The Hall–Kier alpha value is -4.50. The molecule has 1 unspecified atom stereocenters. The number of aromatic carboxylic acids is 1. The van der Waals surface area contributed by atoms with Gasteiger partial charge in [0.15, 0.2) is 5.69 Å². The number of hydrogen-bond acceptors (Lipinski definition) is 8. The molecule has 0 bridgehead atoms. The molecule has 3 aromatic rings. The number of carboxylic acid groups (broad SMARTS) is 1. The highest BCUT2D eigenvalue weighted by Gasteiger charge is 2.22. The summed E-state index contributed by atoms with van der Waals surface area (Å²) in [6.45, 7) is 5.73. The molecule has 1 heterocycles. The number of azo groups is 1. The minimum absolute atomic E-state index is 0.000527. The molecule has 3 rings (SSSR count). The van der Waals surface area contributed by atoms with E-state index >= 15 is 0 Å². The first-order chi connectivity index (χ1) is 19.0. The Morgan fingerprint density at radius 2 is 1.80 bits per heavy atom. The van der Waals surface area contributed by atoms with Crippen molar-refractivity contribution in [3.63, 3.8) is 0 Å². The van der Waals surface area contributed by atoms with Crippen LogP contribution in [-0.4, -0.2) is 29.2 Å². The Bertz CT molecular complexity index is 1620. The van der Waals surface area contributed by atoms with E-state index in [1.807, 2.05) is 13.0 Å². The summed E-state index contributed by atoms with van der Waals surface area (Å²) in [4.78, 5) is 24.2. The number of carbonyl (C=O) groups is 1. The SMILES string of the molecule is CCCCC(CC)Cn1c(O)c(C#N)c(C)c(N=Nc2ccccc2S(=O)(=O)Nc2ccc(C(=O)O)cc2)c1=O. The van der Waals surface area contributed by atoms with Crippen molar-refractivity contribution in [1.82, 2.24) is 4.57 Å².